The van der Waals surface area contributed by atoms with Gasteiger partial charge in [-0.2, -0.15) is 0 Å². The van der Waals surface area contributed by atoms with Gasteiger partial charge < -0.3 is 10.0 Å². The normalized spacial score (nSPS) is 10.4. The van der Waals surface area contributed by atoms with Crippen molar-refractivity contribution in [3.63, 3.8) is 0 Å². The molecule has 0 aromatic heterocycles. The Morgan fingerprint density at radius 3 is 2.76 bits per heavy atom. The third-order valence-corrected chi connectivity index (χ3v) is 2.39. The smallest absolute Gasteiger partial charge is 0.222 e. The highest BCUT2D eigenvalue weighted by Gasteiger charge is 2.11. The molecule has 5 heteroatoms. The highest BCUT2D eigenvalue weighted by Crippen LogP contribution is 2.12. The summed E-state index contributed by atoms with van der Waals surface area (Å²) in [5, 5.41) is 8.59. The molecule has 0 aliphatic heterocycles. The fourth-order valence-corrected chi connectivity index (χ4v) is 1.43. The molecule has 0 aliphatic carbocycles. The molecule has 1 amide bonds. The van der Waals surface area contributed by atoms with E-state index in [1.54, 1.807) is 0 Å². The largest absolute Gasteiger partial charge is 0.396 e. The predicted octanol–water partition coefficient (Wildman–Crippen LogP) is 1.70. The summed E-state index contributed by atoms with van der Waals surface area (Å²) in [7, 11) is 1.52. The van der Waals surface area contributed by atoms with E-state index in [9.17, 15) is 13.6 Å². The van der Waals surface area contributed by atoms with Crippen LogP contribution in [0.15, 0.2) is 18.2 Å². The van der Waals surface area contributed by atoms with Crippen LogP contribution in [0, 0.1) is 11.6 Å². The lowest BCUT2D eigenvalue weighted by molar-refractivity contribution is -0.130. The second-order valence-electron chi connectivity index (χ2n) is 3.81. The second-order valence-corrected chi connectivity index (χ2v) is 3.81. The molecule has 0 aliphatic rings. The van der Waals surface area contributed by atoms with Gasteiger partial charge in [0.1, 0.15) is 11.6 Å². The standard InChI is InChI=1S/C12H15F2NO2/c1-15(12(17)3-2-6-16)8-9-7-10(13)4-5-11(9)14/h4-5,7,16H,2-3,6,8H2,1H3. The third kappa shape index (κ3) is 4.11. The Balaban J connectivity index is 2.64. The number of amides is 1. The quantitative estimate of drug-likeness (QED) is 0.855. The van der Waals surface area contributed by atoms with Crippen molar-refractivity contribution in [3.8, 4) is 0 Å². The van der Waals surface area contributed by atoms with Crippen molar-refractivity contribution < 1.29 is 18.7 Å². The van der Waals surface area contributed by atoms with Crippen LogP contribution in [0.1, 0.15) is 18.4 Å². The molecule has 17 heavy (non-hydrogen) atoms. The van der Waals surface area contributed by atoms with Crippen LogP contribution >= 0.6 is 0 Å². The Bertz CT molecular complexity index is 396. The molecule has 1 aromatic rings. The minimum Gasteiger partial charge on any atom is -0.396 e. The Kier molecular flexibility index (Phi) is 5.03. The second kappa shape index (κ2) is 6.30. The number of aliphatic hydroxyl groups excluding tert-OH is 1. The van der Waals surface area contributed by atoms with E-state index in [-0.39, 0.29) is 31.0 Å². The average molecular weight is 243 g/mol. The first-order chi connectivity index (χ1) is 8.04. The minimum absolute atomic E-state index is 0.0217. The molecule has 1 rings (SSSR count). The van der Waals surface area contributed by atoms with Crippen LogP contribution in [0.4, 0.5) is 8.78 Å². The monoisotopic (exact) mass is 243 g/mol. The summed E-state index contributed by atoms with van der Waals surface area (Å²) in [5.41, 5.74) is 0.143. The highest BCUT2D eigenvalue weighted by atomic mass is 19.1. The maximum atomic E-state index is 13.3. The summed E-state index contributed by atoms with van der Waals surface area (Å²) >= 11 is 0. The minimum atomic E-state index is -0.534. The number of aliphatic hydroxyl groups is 1. The summed E-state index contributed by atoms with van der Waals surface area (Å²) in [6.45, 7) is -0.0399. The van der Waals surface area contributed by atoms with E-state index in [2.05, 4.69) is 0 Å². The van der Waals surface area contributed by atoms with Crippen molar-refractivity contribution in [1.82, 2.24) is 4.90 Å². The molecule has 0 radical (unpaired) electrons. The van der Waals surface area contributed by atoms with Gasteiger partial charge in [0.2, 0.25) is 5.91 Å². The zero-order valence-corrected chi connectivity index (χ0v) is 9.62. The molecular formula is C12H15F2NO2. The van der Waals surface area contributed by atoms with E-state index in [0.717, 1.165) is 18.2 Å². The molecule has 0 spiro atoms. The highest BCUT2D eigenvalue weighted by molar-refractivity contribution is 5.75. The van der Waals surface area contributed by atoms with Crippen molar-refractivity contribution in [3.05, 3.63) is 35.4 Å². The van der Waals surface area contributed by atoms with E-state index in [1.807, 2.05) is 0 Å². The molecule has 0 saturated carbocycles. The van der Waals surface area contributed by atoms with Crippen LogP contribution in [0.2, 0.25) is 0 Å². The molecule has 1 N–H and O–H groups in total. The van der Waals surface area contributed by atoms with Crippen LogP contribution in [0.25, 0.3) is 0 Å². The first kappa shape index (κ1) is 13.6. The summed E-state index contributed by atoms with van der Waals surface area (Å²) in [6.07, 6.45) is 0.568. The summed E-state index contributed by atoms with van der Waals surface area (Å²) in [4.78, 5) is 12.8. The predicted molar refractivity (Wildman–Crippen MR) is 59.2 cm³/mol. The molecule has 0 fully saturated rings. The number of carbonyl (C=O) groups excluding carboxylic acids is 1. The van der Waals surface area contributed by atoms with Crippen molar-refractivity contribution >= 4 is 5.91 Å². The lowest BCUT2D eigenvalue weighted by Gasteiger charge is -2.17. The van der Waals surface area contributed by atoms with Gasteiger partial charge in [0.25, 0.3) is 0 Å². The zero-order chi connectivity index (χ0) is 12.8. The number of halogens is 2. The summed E-state index contributed by atoms with van der Waals surface area (Å²) in [5.74, 6) is -1.27. The maximum absolute atomic E-state index is 13.3. The molecule has 3 nitrogen and oxygen atoms in total. The summed E-state index contributed by atoms with van der Waals surface area (Å²) < 4.78 is 26.2. The number of hydrogen-bond acceptors (Lipinski definition) is 2. The topological polar surface area (TPSA) is 40.5 Å². The van der Waals surface area contributed by atoms with E-state index in [1.165, 1.54) is 11.9 Å². The molecule has 94 valence electrons. The van der Waals surface area contributed by atoms with Gasteiger partial charge in [-0.1, -0.05) is 0 Å². The maximum Gasteiger partial charge on any atom is 0.222 e. The van der Waals surface area contributed by atoms with Crippen molar-refractivity contribution in [2.24, 2.45) is 0 Å². The van der Waals surface area contributed by atoms with E-state index >= 15 is 0 Å². The molecule has 0 heterocycles. The Labute approximate surface area is 98.7 Å². The molecule has 0 unspecified atom stereocenters. The van der Waals surface area contributed by atoms with Gasteiger partial charge in [-0.3, -0.25) is 4.79 Å². The summed E-state index contributed by atoms with van der Waals surface area (Å²) in [6, 6.07) is 3.15. The SMILES string of the molecule is CN(Cc1cc(F)ccc1F)C(=O)CCCO. The van der Waals surface area contributed by atoms with Crippen LogP contribution in [0.5, 0.6) is 0 Å². The van der Waals surface area contributed by atoms with Crippen molar-refractivity contribution in [2.45, 2.75) is 19.4 Å². The number of rotatable bonds is 5. The van der Waals surface area contributed by atoms with E-state index < -0.39 is 11.6 Å². The lowest BCUT2D eigenvalue weighted by Crippen LogP contribution is -2.26. The Morgan fingerprint density at radius 2 is 2.12 bits per heavy atom. The third-order valence-electron chi connectivity index (χ3n) is 2.39. The van der Waals surface area contributed by atoms with Crippen molar-refractivity contribution in [1.29, 1.82) is 0 Å². The number of benzene rings is 1. The Morgan fingerprint density at radius 1 is 1.41 bits per heavy atom. The van der Waals surface area contributed by atoms with Crippen molar-refractivity contribution in [2.75, 3.05) is 13.7 Å². The molecule has 0 atom stereocenters. The van der Waals surface area contributed by atoms with Crippen LogP contribution in [0.3, 0.4) is 0 Å². The van der Waals surface area contributed by atoms with Crippen LogP contribution in [-0.4, -0.2) is 29.6 Å². The first-order valence-corrected chi connectivity index (χ1v) is 5.33. The number of hydrogen-bond donors (Lipinski definition) is 1. The number of carbonyl (C=O) groups is 1. The first-order valence-electron chi connectivity index (χ1n) is 5.33. The molecule has 1 aromatic carbocycles. The average Bonchev–Trinajstić information content (AvgIpc) is 2.30. The molecular weight excluding hydrogens is 228 g/mol. The van der Waals surface area contributed by atoms with Gasteiger partial charge in [-0.25, -0.2) is 8.78 Å². The van der Waals surface area contributed by atoms with Crippen LogP contribution < -0.4 is 0 Å². The number of nitrogens with zero attached hydrogens (tertiary/aromatic N) is 1. The lowest BCUT2D eigenvalue weighted by atomic mass is 10.2. The zero-order valence-electron chi connectivity index (χ0n) is 9.62. The fraction of sp³-hybridized carbons (Fsp3) is 0.417. The van der Waals surface area contributed by atoms with Gasteiger partial charge in [0, 0.05) is 32.2 Å². The molecule has 0 saturated heterocycles. The van der Waals surface area contributed by atoms with Gasteiger partial charge in [0.05, 0.1) is 0 Å². The van der Waals surface area contributed by atoms with Gasteiger partial charge in [-0.15, -0.1) is 0 Å². The molecule has 0 bridgehead atoms. The van der Waals surface area contributed by atoms with Gasteiger partial charge in [0.15, 0.2) is 0 Å². The van der Waals surface area contributed by atoms with Gasteiger partial charge in [-0.05, 0) is 24.6 Å². The van der Waals surface area contributed by atoms with Gasteiger partial charge >= 0.3 is 0 Å². The Hall–Kier alpha value is -1.49. The fourth-order valence-electron chi connectivity index (χ4n) is 1.43. The van der Waals surface area contributed by atoms with Crippen LogP contribution in [-0.2, 0) is 11.3 Å². The van der Waals surface area contributed by atoms with E-state index in [4.69, 9.17) is 5.11 Å². The van der Waals surface area contributed by atoms with E-state index in [0.29, 0.717) is 6.42 Å².